The number of hydrogen-bond donors (Lipinski definition) is 0. The Kier molecular flexibility index (Phi) is 3.66. The molecule has 0 spiro atoms. The topological polar surface area (TPSA) is 0 Å². The second-order valence-corrected chi connectivity index (χ2v) is 4.45. The first kappa shape index (κ1) is 12.4. The van der Waals surface area contributed by atoms with E-state index in [4.69, 9.17) is 11.6 Å². The van der Waals surface area contributed by atoms with Gasteiger partial charge in [0.05, 0.1) is 0 Å². The predicted octanol–water partition coefficient (Wildman–Crippen LogP) is 4.01. The zero-order chi connectivity index (χ0) is 11.6. The van der Waals surface area contributed by atoms with E-state index in [0.717, 1.165) is 0 Å². The van der Waals surface area contributed by atoms with E-state index in [-0.39, 0.29) is 5.56 Å². The van der Waals surface area contributed by atoms with Gasteiger partial charge in [-0.1, -0.05) is 13.8 Å². The lowest BCUT2D eigenvalue weighted by Crippen LogP contribution is -2.21. The van der Waals surface area contributed by atoms with Crippen LogP contribution >= 0.6 is 11.6 Å². The molecule has 0 aliphatic heterocycles. The van der Waals surface area contributed by atoms with Gasteiger partial charge in [-0.25, -0.2) is 13.2 Å². The minimum atomic E-state index is -0.907. The Morgan fingerprint density at radius 3 is 2.00 bits per heavy atom. The zero-order valence-corrected chi connectivity index (χ0v) is 9.34. The Hall–Kier alpha value is -0.700. The summed E-state index contributed by atoms with van der Waals surface area (Å²) in [6.45, 7) is 3.35. The number of hydrogen-bond acceptors (Lipinski definition) is 0. The maximum absolute atomic E-state index is 13.4. The first-order chi connectivity index (χ1) is 6.88. The molecular weight excluding hydrogens is 225 g/mol. The third-order valence-electron chi connectivity index (χ3n) is 2.40. The van der Waals surface area contributed by atoms with E-state index in [0.29, 0.717) is 24.4 Å². The first-order valence-electron chi connectivity index (χ1n) is 4.59. The minimum absolute atomic E-state index is 0.107. The van der Waals surface area contributed by atoms with Crippen molar-refractivity contribution >= 4 is 11.6 Å². The summed E-state index contributed by atoms with van der Waals surface area (Å²) >= 11 is 5.55. The van der Waals surface area contributed by atoms with Crippen molar-refractivity contribution in [3.8, 4) is 0 Å². The van der Waals surface area contributed by atoms with Crippen molar-refractivity contribution in [2.24, 2.45) is 0 Å². The molecule has 84 valence electrons. The molecule has 0 aromatic heterocycles. The molecule has 0 atom stereocenters. The Bertz CT molecular complexity index is 338. The maximum atomic E-state index is 13.4. The second kappa shape index (κ2) is 4.44. The van der Waals surface area contributed by atoms with Crippen molar-refractivity contribution in [1.29, 1.82) is 0 Å². The Morgan fingerprint density at radius 1 is 1.13 bits per heavy atom. The third-order valence-corrected chi connectivity index (χ3v) is 2.59. The third kappa shape index (κ3) is 2.65. The minimum Gasteiger partial charge on any atom is -0.207 e. The molecule has 1 rings (SSSR count). The molecule has 15 heavy (non-hydrogen) atoms. The summed E-state index contributed by atoms with van der Waals surface area (Å²) < 4.78 is 39.5. The highest BCUT2D eigenvalue weighted by Gasteiger charge is 2.27. The maximum Gasteiger partial charge on any atom is 0.132 e. The van der Waals surface area contributed by atoms with Crippen LogP contribution in [0.1, 0.15) is 25.8 Å². The van der Waals surface area contributed by atoms with Crippen molar-refractivity contribution in [3.63, 3.8) is 0 Å². The first-order valence-corrected chi connectivity index (χ1v) is 5.13. The highest BCUT2D eigenvalue weighted by molar-refractivity contribution is 6.17. The van der Waals surface area contributed by atoms with Crippen LogP contribution in [0.4, 0.5) is 13.2 Å². The highest BCUT2D eigenvalue weighted by Crippen LogP contribution is 2.32. The SMILES string of the molecule is CC(C)(CCCl)c1c(F)cc(F)cc1F. The molecule has 0 saturated heterocycles. The monoisotopic (exact) mass is 236 g/mol. The molecule has 1 aromatic carbocycles. The summed E-state index contributed by atoms with van der Waals surface area (Å²) in [4.78, 5) is 0. The molecule has 0 nitrogen and oxygen atoms in total. The number of benzene rings is 1. The standard InChI is InChI=1S/C11H12ClF3/c1-11(2,3-4-12)10-8(14)5-7(13)6-9(10)15/h5-6H,3-4H2,1-2H3. The fourth-order valence-corrected chi connectivity index (χ4v) is 2.02. The smallest absolute Gasteiger partial charge is 0.132 e. The van der Waals surface area contributed by atoms with Crippen LogP contribution < -0.4 is 0 Å². The summed E-state index contributed by atoms with van der Waals surface area (Å²) in [5.74, 6) is -2.33. The van der Waals surface area contributed by atoms with E-state index in [1.165, 1.54) is 0 Å². The predicted molar refractivity (Wildman–Crippen MR) is 54.7 cm³/mol. The van der Waals surface area contributed by atoms with Crippen LogP contribution in [0.3, 0.4) is 0 Å². The van der Waals surface area contributed by atoms with Gasteiger partial charge in [0.15, 0.2) is 0 Å². The van der Waals surface area contributed by atoms with Gasteiger partial charge >= 0.3 is 0 Å². The Morgan fingerprint density at radius 2 is 1.60 bits per heavy atom. The van der Waals surface area contributed by atoms with E-state index in [1.54, 1.807) is 13.8 Å². The summed E-state index contributed by atoms with van der Waals surface area (Å²) in [5.41, 5.74) is -0.839. The van der Waals surface area contributed by atoms with Crippen LogP contribution in [0.5, 0.6) is 0 Å². The van der Waals surface area contributed by atoms with Crippen molar-refractivity contribution < 1.29 is 13.2 Å². The van der Waals surface area contributed by atoms with Crippen LogP contribution in [0.25, 0.3) is 0 Å². The normalized spacial score (nSPS) is 11.9. The molecule has 4 heteroatoms. The van der Waals surface area contributed by atoms with Gasteiger partial charge in [-0.15, -0.1) is 11.6 Å². The van der Waals surface area contributed by atoms with Crippen molar-refractivity contribution in [1.82, 2.24) is 0 Å². The van der Waals surface area contributed by atoms with Crippen LogP contribution in [-0.4, -0.2) is 5.88 Å². The van der Waals surface area contributed by atoms with Gasteiger partial charge in [-0.05, 0) is 11.8 Å². The van der Waals surface area contributed by atoms with Gasteiger partial charge in [-0.3, -0.25) is 0 Å². The molecule has 0 aliphatic rings. The van der Waals surface area contributed by atoms with Gasteiger partial charge in [-0.2, -0.15) is 0 Å². The molecule has 0 amide bonds. The molecule has 0 aliphatic carbocycles. The van der Waals surface area contributed by atoms with E-state index in [1.807, 2.05) is 0 Å². The van der Waals surface area contributed by atoms with E-state index in [9.17, 15) is 13.2 Å². The average molecular weight is 237 g/mol. The molecule has 0 radical (unpaired) electrons. The molecule has 0 N–H and O–H groups in total. The van der Waals surface area contributed by atoms with Gasteiger partial charge in [0.1, 0.15) is 17.5 Å². The largest absolute Gasteiger partial charge is 0.207 e. The second-order valence-electron chi connectivity index (χ2n) is 4.07. The molecule has 0 bridgehead atoms. The fourth-order valence-electron chi connectivity index (χ4n) is 1.55. The van der Waals surface area contributed by atoms with Gasteiger partial charge < -0.3 is 0 Å². The Labute approximate surface area is 92.1 Å². The molecule has 0 fully saturated rings. The van der Waals surface area contributed by atoms with Crippen molar-refractivity contribution in [2.45, 2.75) is 25.7 Å². The zero-order valence-electron chi connectivity index (χ0n) is 8.58. The average Bonchev–Trinajstić information content (AvgIpc) is 1.99. The van der Waals surface area contributed by atoms with Crippen molar-refractivity contribution in [2.75, 3.05) is 5.88 Å². The lowest BCUT2D eigenvalue weighted by molar-refractivity contribution is 0.429. The Balaban J connectivity index is 3.24. The summed E-state index contributed by atoms with van der Waals surface area (Å²) in [6, 6.07) is 1.38. The summed E-state index contributed by atoms with van der Waals surface area (Å²) in [6.07, 6.45) is 0.425. The van der Waals surface area contributed by atoms with Crippen LogP contribution in [0.15, 0.2) is 12.1 Å². The van der Waals surface area contributed by atoms with Crippen LogP contribution in [-0.2, 0) is 5.41 Å². The molecule has 0 unspecified atom stereocenters. The number of rotatable bonds is 3. The summed E-state index contributed by atoms with van der Waals surface area (Å²) in [5, 5.41) is 0. The molecule has 1 aromatic rings. The van der Waals surface area contributed by atoms with E-state index >= 15 is 0 Å². The van der Waals surface area contributed by atoms with E-state index in [2.05, 4.69) is 0 Å². The van der Waals surface area contributed by atoms with Crippen LogP contribution in [0.2, 0.25) is 0 Å². The lowest BCUT2D eigenvalue weighted by atomic mass is 9.81. The quantitative estimate of drug-likeness (QED) is 0.696. The van der Waals surface area contributed by atoms with Crippen LogP contribution in [0, 0.1) is 17.5 Å². The summed E-state index contributed by atoms with van der Waals surface area (Å²) in [7, 11) is 0. The van der Waals surface area contributed by atoms with Crippen molar-refractivity contribution in [3.05, 3.63) is 35.1 Å². The van der Waals surface area contributed by atoms with Gasteiger partial charge in [0.2, 0.25) is 0 Å². The number of alkyl halides is 1. The van der Waals surface area contributed by atoms with E-state index < -0.39 is 22.9 Å². The fraction of sp³-hybridized carbons (Fsp3) is 0.455. The van der Waals surface area contributed by atoms with Gasteiger partial charge in [0, 0.05) is 23.6 Å². The highest BCUT2D eigenvalue weighted by atomic mass is 35.5. The number of halogens is 4. The van der Waals surface area contributed by atoms with Gasteiger partial charge in [0.25, 0.3) is 0 Å². The molecule has 0 heterocycles. The lowest BCUT2D eigenvalue weighted by Gasteiger charge is -2.25. The molecular formula is C11H12ClF3. The molecule has 0 saturated carbocycles.